The van der Waals surface area contributed by atoms with Crippen molar-refractivity contribution < 1.29 is 23.1 Å². The Bertz CT molecular complexity index is 1270. The summed E-state index contributed by atoms with van der Waals surface area (Å²) >= 11 is 0.881. The molecule has 170 valence electrons. The molecule has 33 heavy (non-hydrogen) atoms. The number of nitrogens with zero attached hydrogens (tertiary/aromatic N) is 2. The molecule has 0 bridgehead atoms. The molecule has 1 atom stereocenters. The molecule has 1 amide bonds. The lowest BCUT2D eigenvalue weighted by Gasteiger charge is -2.30. The Morgan fingerprint density at radius 3 is 2.39 bits per heavy atom. The SMILES string of the molecule is CC(=O)Nc1ccc(SCC(O)(c2ccc3c(cnn3-c3ccccc3)c2)C(F)(F)F)cc1. The van der Waals surface area contributed by atoms with E-state index < -0.39 is 17.5 Å². The molecule has 4 rings (SSSR count). The van der Waals surface area contributed by atoms with Gasteiger partial charge in [0, 0.05) is 28.6 Å². The van der Waals surface area contributed by atoms with Gasteiger partial charge in [-0.3, -0.25) is 4.79 Å². The average molecular weight is 472 g/mol. The molecule has 0 aliphatic carbocycles. The van der Waals surface area contributed by atoms with Crippen molar-refractivity contribution in [3.05, 3.63) is 84.6 Å². The van der Waals surface area contributed by atoms with Crippen molar-refractivity contribution in [2.24, 2.45) is 0 Å². The number of anilines is 1. The quantitative estimate of drug-likeness (QED) is 0.363. The van der Waals surface area contributed by atoms with Gasteiger partial charge in [0.1, 0.15) is 0 Å². The second kappa shape index (κ2) is 8.92. The molecule has 1 unspecified atom stereocenters. The minimum atomic E-state index is -4.89. The van der Waals surface area contributed by atoms with Crippen molar-refractivity contribution in [3.8, 4) is 5.69 Å². The lowest BCUT2D eigenvalue weighted by molar-refractivity contribution is -0.256. The molecule has 0 aliphatic heterocycles. The van der Waals surface area contributed by atoms with Crippen molar-refractivity contribution in [2.45, 2.75) is 23.6 Å². The molecule has 0 saturated heterocycles. The van der Waals surface area contributed by atoms with Gasteiger partial charge in [0.15, 0.2) is 5.60 Å². The lowest BCUT2D eigenvalue weighted by Crippen LogP contribution is -2.44. The summed E-state index contributed by atoms with van der Waals surface area (Å²) in [5, 5.41) is 18.2. The zero-order valence-corrected chi connectivity index (χ0v) is 18.3. The molecule has 0 spiro atoms. The Kier molecular flexibility index (Phi) is 6.18. The lowest BCUT2D eigenvalue weighted by atomic mass is 9.94. The molecule has 5 nitrogen and oxygen atoms in total. The highest BCUT2D eigenvalue weighted by Gasteiger charge is 2.55. The molecular weight excluding hydrogens is 451 g/mol. The molecule has 1 heterocycles. The van der Waals surface area contributed by atoms with E-state index in [0.29, 0.717) is 21.5 Å². The van der Waals surface area contributed by atoms with E-state index in [-0.39, 0.29) is 11.5 Å². The summed E-state index contributed by atoms with van der Waals surface area (Å²) in [5.41, 5.74) is -1.35. The van der Waals surface area contributed by atoms with Crippen LogP contribution in [-0.4, -0.2) is 32.7 Å². The zero-order chi connectivity index (χ0) is 23.6. The molecule has 4 aromatic rings. The number of alkyl halides is 3. The first kappa shape index (κ1) is 22.9. The Morgan fingerprint density at radius 2 is 1.76 bits per heavy atom. The maximum atomic E-state index is 14.0. The number of fused-ring (bicyclic) bond motifs is 1. The normalized spacial score (nSPS) is 13.6. The number of nitrogens with one attached hydrogen (secondary N) is 1. The summed E-state index contributed by atoms with van der Waals surface area (Å²) in [6.45, 7) is 1.37. The number of amides is 1. The smallest absolute Gasteiger partial charge is 0.376 e. The molecule has 0 aliphatic rings. The van der Waals surface area contributed by atoms with Gasteiger partial charge >= 0.3 is 6.18 Å². The van der Waals surface area contributed by atoms with E-state index >= 15 is 0 Å². The van der Waals surface area contributed by atoms with Crippen LogP contribution in [0.5, 0.6) is 0 Å². The first-order chi connectivity index (χ1) is 15.7. The number of aliphatic hydroxyl groups is 1. The van der Waals surface area contributed by atoms with Gasteiger partial charge in [-0.05, 0) is 54.1 Å². The first-order valence-corrected chi connectivity index (χ1v) is 11.0. The van der Waals surface area contributed by atoms with E-state index in [1.54, 1.807) is 28.9 Å². The van der Waals surface area contributed by atoms with Gasteiger partial charge in [0.2, 0.25) is 5.91 Å². The summed E-state index contributed by atoms with van der Waals surface area (Å²) in [5.74, 6) is -0.873. The van der Waals surface area contributed by atoms with Gasteiger partial charge < -0.3 is 10.4 Å². The van der Waals surface area contributed by atoms with Gasteiger partial charge in [0.25, 0.3) is 0 Å². The highest BCUT2D eigenvalue weighted by Crippen LogP contribution is 2.43. The monoisotopic (exact) mass is 471 g/mol. The van der Waals surface area contributed by atoms with Gasteiger partial charge in [0.05, 0.1) is 17.4 Å². The first-order valence-electron chi connectivity index (χ1n) is 10.0. The maximum Gasteiger partial charge on any atom is 0.422 e. The summed E-state index contributed by atoms with van der Waals surface area (Å²) < 4.78 is 43.8. The number of thioether (sulfide) groups is 1. The van der Waals surface area contributed by atoms with Crippen LogP contribution in [0.25, 0.3) is 16.6 Å². The number of hydrogen-bond donors (Lipinski definition) is 2. The minimum absolute atomic E-state index is 0.243. The van der Waals surface area contributed by atoms with Crippen LogP contribution in [0.3, 0.4) is 0 Å². The predicted octanol–water partition coefficient (Wildman–Crippen LogP) is 5.53. The van der Waals surface area contributed by atoms with E-state index in [0.717, 1.165) is 17.4 Å². The number of rotatable bonds is 6. The fourth-order valence-electron chi connectivity index (χ4n) is 3.42. The van der Waals surface area contributed by atoms with Crippen molar-refractivity contribution in [1.82, 2.24) is 9.78 Å². The summed E-state index contributed by atoms with van der Waals surface area (Å²) in [6, 6.07) is 19.8. The van der Waals surface area contributed by atoms with E-state index in [9.17, 15) is 23.1 Å². The van der Waals surface area contributed by atoms with Crippen LogP contribution in [0.4, 0.5) is 18.9 Å². The summed E-state index contributed by atoms with van der Waals surface area (Å²) in [7, 11) is 0. The predicted molar refractivity (Wildman–Crippen MR) is 122 cm³/mol. The standard InChI is InChI=1S/C24H20F3N3O2S/c1-16(31)29-19-8-10-21(11-9-19)33-15-23(32,24(25,26)27)18-7-12-22-17(13-18)14-28-30(22)20-5-3-2-4-6-20/h2-14,32H,15H2,1H3,(H,29,31). The van der Waals surface area contributed by atoms with Crippen LogP contribution < -0.4 is 5.32 Å². The molecule has 3 aromatic carbocycles. The van der Waals surface area contributed by atoms with Crippen LogP contribution in [0.2, 0.25) is 0 Å². The van der Waals surface area contributed by atoms with Crippen molar-refractivity contribution in [3.63, 3.8) is 0 Å². The van der Waals surface area contributed by atoms with Crippen LogP contribution in [0.15, 0.2) is 83.9 Å². The van der Waals surface area contributed by atoms with Crippen LogP contribution in [0.1, 0.15) is 12.5 Å². The molecule has 0 radical (unpaired) electrons. The third-order valence-corrected chi connectivity index (χ3v) is 6.31. The Balaban J connectivity index is 1.62. The average Bonchev–Trinajstić information content (AvgIpc) is 3.21. The minimum Gasteiger partial charge on any atom is -0.376 e. The maximum absolute atomic E-state index is 14.0. The van der Waals surface area contributed by atoms with Crippen LogP contribution in [0, 0.1) is 0 Å². The second-order valence-corrected chi connectivity index (χ2v) is 8.57. The van der Waals surface area contributed by atoms with Crippen molar-refractivity contribution >= 4 is 34.3 Å². The third kappa shape index (κ3) is 4.74. The van der Waals surface area contributed by atoms with Gasteiger partial charge in [-0.25, -0.2) is 4.68 Å². The Morgan fingerprint density at radius 1 is 1.06 bits per heavy atom. The molecule has 9 heteroatoms. The Labute approximate surface area is 192 Å². The van der Waals surface area contributed by atoms with Crippen molar-refractivity contribution in [1.29, 1.82) is 0 Å². The number of carbonyl (C=O) groups excluding carboxylic acids is 1. The number of benzene rings is 3. The summed E-state index contributed by atoms with van der Waals surface area (Å²) in [6.07, 6.45) is -3.41. The van der Waals surface area contributed by atoms with Gasteiger partial charge in [-0.1, -0.05) is 24.3 Å². The fraction of sp³-hybridized carbons (Fsp3) is 0.167. The van der Waals surface area contributed by atoms with E-state index in [2.05, 4.69) is 10.4 Å². The summed E-state index contributed by atoms with van der Waals surface area (Å²) in [4.78, 5) is 11.6. The van der Waals surface area contributed by atoms with Gasteiger partial charge in [-0.15, -0.1) is 11.8 Å². The number of aromatic nitrogens is 2. The molecule has 1 aromatic heterocycles. The van der Waals surface area contributed by atoms with Crippen LogP contribution in [-0.2, 0) is 10.4 Å². The highest BCUT2D eigenvalue weighted by atomic mass is 32.2. The van der Waals surface area contributed by atoms with E-state index in [4.69, 9.17) is 0 Å². The Hall–Kier alpha value is -3.30. The number of halogens is 3. The van der Waals surface area contributed by atoms with E-state index in [1.807, 2.05) is 30.3 Å². The second-order valence-electron chi connectivity index (χ2n) is 7.52. The number of hydrogen-bond acceptors (Lipinski definition) is 4. The van der Waals surface area contributed by atoms with Gasteiger partial charge in [-0.2, -0.15) is 18.3 Å². The van der Waals surface area contributed by atoms with E-state index in [1.165, 1.54) is 31.3 Å². The fourth-order valence-corrected chi connectivity index (χ4v) is 4.45. The number of para-hydroxylation sites is 1. The number of carbonyl (C=O) groups is 1. The molecule has 0 saturated carbocycles. The molecule has 2 N–H and O–H groups in total. The molecular formula is C24H20F3N3O2S. The third-order valence-electron chi connectivity index (χ3n) is 5.14. The topological polar surface area (TPSA) is 67.2 Å². The largest absolute Gasteiger partial charge is 0.422 e. The van der Waals surface area contributed by atoms with Crippen molar-refractivity contribution in [2.75, 3.05) is 11.1 Å². The highest BCUT2D eigenvalue weighted by molar-refractivity contribution is 7.99. The molecule has 0 fully saturated rings. The zero-order valence-electron chi connectivity index (χ0n) is 17.5. The van der Waals surface area contributed by atoms with Crippen LogP contribution >= 0.6 is 11.8 Å².